The molecule has 8 heteroatoms. The van der Waals surface area contributed by atoms with Crippen molar-refractivity contribution < 1.29 is 5.11 Å². The number of nitrogens with zero attached hydrogens (tertiary/aromatic N) is 5. The van der Waals surface area contributed by atoms with Crippen molar-refractivity contribution in [1.82, 2.24) is 19.4 Å². The number of aromatic nitrogens is 3. The van der Waals surface area contributed by atoms with Crippen LogP contribution >= 0.6 is 0 Å². The van der Waals surface area contributed by atoms with Crippen molar-refractivity contribution in [3.63, 3.8) is 0 Å². The van der Waals surface area contributed by atoms with Gasteiger partial charge in [-0.3, -0.25) is 14.3 Å². The number of anilines is 2. The number of benzene rings is 1. The highest BCUT2D eigenvalue weighted by Gasteiger charge is 2.31. The molecule has 192 valence electrons. The molecule has 1 unspecified atom stereocenters. The maximum Gasteiger partial charge on any atom is 0.260 e. The van der Waals surface area contributed by atoms with Gasteiger partial charge in [0.2, 0.25) is 5.95 Å². The summed E-state index contributed by atoms with van der Waals surface area (Å²) >= 11 is 0. The molecule has 0 bridgehead atoms. The van der Waals surface area contributed by atoms with Crippen molar-refractivity contribution in [1.29, 1.82) is 0 Å². The molecule has 4 heterocycles. The number of hydrogen-bond donors (Lipinski definition) is 2. The first-order valence-electron chi connectivity index (χ1n) is 13.9. The Morgan fingerprint density at radius 1 is 1.03 bits per heavy atom. The normalized spacial score (nSPS) is 24.9. The van der Waals surface area contributed by atoms with Crippen LogP contribution in [0.1, 0.15) is 64.3 Å². The molecule has 2 saturated heterocycles. The third-order valence-corrected chi connectivity index (χ3v) is 8.54. The molecule has 0 amide bonds. The summed E-state index contributed by atoms with van der Waals surface area (Å²) in [5.74, 6) is 0.574. The molecule has 0 spiro atoms. The lowest BCUT2D eigenvalue weighted by Gasteiger charge is -2.39. The summed E-state index contributed by atoms with van der Waals surface area (Å²) in [6.07, 6.45) is 9.31. The van der Waals surface area contributed by atoms with Crippen LogP contribution in [0, 0.1) is 0 Å². The van der Waals surface area contributed by atoms with E-state index in [0.717, 1.165) is 86.6 Å². The zero-order chi connectivity index (χ0) is 24.6. The Bertz CT molecular complexity index is 1300. The first-order chi connectivity index (χ1) is 17.6. The van der Waals surface area contributed by atoms with E-state index in [-0.39, 0.29) is 17.7 Å². The van der Waals surface area contributed by atoms with Gasteiger partial charge in [-0.15, -0.1) is 0 Å². The van der Waals surface area contributed by atoms with Gasteiger partial charge in [0, 0.05) is 55.5 Å². The van der Waals surface area contributed by atoms with E-state index in [4.69, 9.17) is 4.98 Å². The van der Waals surface area contributed by atoms with Gasteiger partial charge in [0.1, 0.15) is 5.65 Å². The Hall–Kier alpha value is -2.71. The lowest BCUT2D eigenvalue weighted by atomic mass is 9.92. The van der Waals surface area contributed by atoms with Crippen LogP contribution in [-0.2, 0) is 0 Å². The van der Waals surface area contributed by atoms with Crippen LogP contribution in [0.5, 0.6) is 0 Å². The number of pyridine rings is 1. The van der Waals surface area contributed by atoms with Crippen molar-refractivity contribution >= 4 is 33.4 Å². The number of piperazine rings is 1. The standard InChI is InChI=1S/C28H38N6O2/c1-2-3-12-29-28-30-17-25-23-11-8-20(33-15-14-32-13-4-5-21(32)18-33)16-24(23)27(36)34(26(25)31-28)19-6-9-22(35)10-7-19/h8,11,16-17,19,21-22,35H,2-7,9-10,12-15,18H2,1H3,(H,29,30,31). The Kier molecular flexibility index (Phi) is 6.56. The number of fused-ring (bicyclic) bond motifs is 4. The molecule has 8 nitrogen and oxygen atoms in total. The molecule has 3 aromatic rings. The zero-order valence-electron chi connectivity index (χ0n) is 21.3. The van der Waals surface area contributed by atoms with E-state index in [1.165, 1.54) is 19.4 Å². The molecule has 6 rings (SSSR count). The van der Waals surface area contributed by atoms with Gasteiger partial charge in [-0.25, -0.2) is 4.98 Å². The maximum absolute atomic E-state index is 14.1. The van der Waals surface area contributed by atoms with Gasteiger partial charge in [-0.2, -0.15) is 4.98 Å². The van der Waals surface area contributed by atoms with E-state index in [1.807, 2.05) is 10.8 Å². The van der Waals surface area contributed by atoms with Gasteiger partial charge >= 0.3 is 0 Å². The highest BCUT2D eigenvalue weighted by Crippen LogP contribution is 2.33. The molecule has 0 radical (unpaired) electrons. The largest absolute Gasteiger partial charge is 0.393 e. The summed E-state index contributed by atoms with van der Waals surface area (Å²) in [7, 11) is 0. The summed E-state index contributed by atoms with van der Waals surface area (Å²) in [6, 6.07) is 7.03. The Labute approximate surface area is 212 Å². The van der Waals surface area contributed by atoms with Crippen LogP contribution < -0.4 is 15.8 Å². The molecule has 2 aromatic heterocycles. The second-order valence-electron chi connectivity index (χ2n) is 10.9. The summed E-state index contributed by atoms with van der Waals surface area (Å²) < 4.78 is 1.91. The monoisotopic (exact) mass is 490 g/mol. The fourth-order valence-electron chi connectivity index (χ4n) is 6.46. The molecular formula is C28H38N6O2. The molecule has 3 aliphatic rings. The fourth-order valence-corrected chi connectivity index (χ4v) is 6.46. The molecule has 2 N–H and O–H groups in total. The number of nitrogens with one attached hydrogen (secondary N) is 1. The molecule has 1 aromatic carbocycles. The van der Waals surface area contributed by atoms with Crippen LogP contribution in [0.25, 0.3) is 21.8 Å². The zero-order valence-corrected chi connectivity index (χ0v) is 21.3. The number of aliphatic hydroxyl groups is 1. The van der Waals surface area contributed by atoms with Crippen LogP contribution in [0.3, 0.4) is 0 Å². The van der Waals surface area contributed by atoms with Gasteiger partial charge in [-0.05, 0) is 69.0 Å². The highest BCUT2D eigenvalue weighted by molar-refractivity contribution is 6.05. The second kappa shape index (κ2) is 9.98. The minimum atomic E-state index is -0.273. The third-order valence-electron chi connectivity index (χ3n) is 8.54. The molecule has 1 atom stereocenters. The lowest BCUT2D eigenvalue weighted by Crippen LogP contribution is -2.50. The average molecular weight is 491 g/mol. The fraction of sp³-hybridized carbons (Fsp3) is 0.607. The highest BCUT2D eigenvalue weighted by atomic mass is 16.3. The predicted octanol–water partition coefficient (Wildman–Crippen LogP) is 3.92. The van der Waals surface area contributed by atoms with E-state index in [0.29, 0.717) is 17.6 Å². The molecular weight excluding hydrogens is 452 g/mol. The summed E-state index contributed by atoms with van der Waals surface area (Å²) in [4.78, 5) is 28.6. The second-order valence-corrected chi connectivity index (χ2v) is 10.9. The minimum Gasteiger partial charge on any atom is -0.393 e. The Morgan fingerprint density at radius 2 is 1.89 bits per heavy atom. The van der Waals surface area contributed by atoms with Gasteiger partial charge in [0.05, 0.1) is 11.5 Å². The predicted molar refractivity (Wildman–Crippen MR) is 145 cm³/mol. The Morgan fingerprint density at radius 3 is 2.72 bits per heavy atom. The van der Waals surface area contributed by atoms with Gasteiger partial charge < -0.3 is 15.3 Å². The molecule has 1 saturated carbocycles. The van der Waals surface area contributed by atoms with Crippen LogP contribution in [0.4, 0.5) is 11.6 Å². The van der Waals surface area contributed by atoms with Crippen molar-refractivity contribution in [3.8, 4) is 0 Å². The van der Waals surface area contributed by atoms with E-state index in [1.54, 1.807) is 0 Å². The molecule has 2 aliphatic heterocycles. The van der Waals surface area contributed by atoms with E-state index < -0.39 is 0 Å². The lowest BCUT2D eigenvalue weighted by molar-refractivity contribution is 0.111. The first-order valence-corrected chi connectivity index (χ1v) is 13.9. The summed E-state index contributed by atoms with van der Waals surface area (Å²) in [6.45, 7) is 7.32. The number of rotatable bonds is 6. The summed E-state index contributed by atoms with van der Waals surface area (Å²) in [5, 5.41) is 16.0. The number of unbranched alkanes of at least 4 members (excludes halogenated alkanes) is 1. The first kappa shape index (κ1) is 23.7. The van der Waals surface area contributed by atoms with Crippen molar-refractivity contribution in [2.75, 3.05) is 42.9 Å². The van der Waals surface area contributed by atoms with Crippen LogP contribution in [0.2, 0.25) is 0 Å². The van der Waals surface area contributed by atoms with Crippen LogP contribution in [-0.4, -0.2) is 69.4 Å². The minimum absolute atomic E-state index is 0.0263. The maximum atomic E-state index is 14.1. The average Bonchev–Trinajstić information content (AvgIpc) is 3.38. The van der Waals surface area contributed by atoms with Crippen molar-refractivity contribution in [3.05, 3.63) is 34.7 Å². The SMILES string of the molecule is CCCCNc1ncc2c3ccc(N4CCN5CCCC5C4)cc3c(=O)n(C3CCC(O)CC3)c2n1. The quantitative estimate of drug-likeness (QED) is 0.400. The molecule has 3 fully saturated rings. The third kappa shape index (κ3) is 4.34. The summed E-state index contributed by atoms with van der Waals surface area (Å²) in [5.41, 5.74) is 1.86. The molecule has 36 heavy (non-hydrogen) atoms. The van der Waals surface area contributed by atoms with E-state index >= 15 is 0 Å². The van der Waals surface area contributed by atoms with Gasteiger partial charge in [0.25, 0.3) is 5.56 Å². The van der Waals surface area contributed by atoms with Crippen molar-refractivity contribution in [2.45, 2.75) is 76.5 Å². The van der Waals surface area contributed by atoms with E-state index in [2.05, 4.69) is 45.2 Å². The van der Waals surface area contributed by atoms with Crippen molar-refractivity contribution in [2.24, 2.45) is 0 Å². The smallest absolute Gasteiger partial charge is 0.260 e. The van der Waals surface area contributed by atoms with Crippen LogP contribution in [0.15, 0.2) is 29.2 Å². The van der Waals surface area contributed by atoms with E-state index in [9.17, 15) is 9.90 Å². The van der Waals surface area contributed by atoms with Gasteiger partial charge in [0.15, 0.2) is 0 Å². The van der Waals surface area contributed by atoms with Gasteiger partial charge in [-0.1, -0.05) is 19.4 Å². The Balaban J connectivity index is 1.44. The number of hydrogen-bond acceptors (Lipinski definition) is 7. The molecule has 1 aliphatic carbocycles. The number of aliphatic hydroxyl groups excluding tert-OH is 1. The topological polar surface area (TPSA) is 86.5 Å².